The summed E-state index contributed by atoms with van der Waals surface area (Å²) in [5.41, 5.74) is 3.85. The van der Waals surface area contributed by atoms with E-state index in [0.29, 0.717) is 18.9 Å². The number of benzene rings is 1. The molecule has 6 heteroatoms. The lowest BCUT2D eigenvalue weighted by Gasteiger charge is -2.41. The third-order valence-corrected chi connectivity index (χ3v) is 7.22. The summed E-state index contributed by atoms with van der Waals surface area (Å²) in [5, 5.41) is 6.76. The zero-order chi connectivity index (χ0) is 24.3. The molecule has 6 nitrogen and oxygen atoms in total. The van der Waals surface area contributed by atoms with Crippen molar-refractivity contribution in [3.8, 4) is 0 Å². The minimum atomic E-state index is -0.104. The number of hydrogen-bond donors (Lipinski definition) is 2. The maximum Gasteiger partial charge on any atom is 0.239 e. The van der Waals surface area contributed by atoms with Crippen molar-refractivity contribution >= 4 is 23.1 Å². The molecule has 1 aliphatic heterocycles. The molecule has 0 saturated heterocycles. The van der Waals surface area contributed by atoms with Gasteiger partial charge in [-0.3, -0.25) is 9.59 Å². The van der Waals surface area contributed by atoms with Crippen LogP contribution in [0.2, 0.25) is 0 Å². The van der Waals surface area contributed by atoms with E-state index in [1.807, 2.05) is 26.2 Å². The Morgan fingerprint density at radius 2 is 2.00 bits per heavy atom. The summed E-state index contributed by atoms with van der Waals surface area (Å²) in [6, 6.07) is 8.09. The Balaban J connectivity index is 1.70. The Bertz CT molecular complexity index is 978. The van der Waals surface area contributed by atoms with Crippen LogP contribution >= 0.6 is 0 Å². The van der Waals surface area contributed by atoms with Gasteiger partial charge in [0.25, 0.3) is 0 Å². The molecule has 184 valence electrons. The van der Waals surface area contributed by atoms with Crippen LogP contribution in [0.5, 0.6) is 0 Å². The van der Waals surface area contributed by atoms with Crippen molar-refractivity contribution in [3.63, 3.8) is 0 Å². The van der Waals surface area contributed by atoms with E-state index in [0.717, 1.165) is 61.3 Å². The van der Waals surface area contributed by atoms with Crippen molar-refractivity contribution in [2.45, 2.75) is 58.4 Å². The minimum absolute atomic E-state index is 0.0116. The van der Waals surface area contributed by atoms with E-state index in [-0.39, 0.29) is 29.7 Å². The molecule has 0 radical (unpaired) electrons. The highest BCUT2D eigenvalue weighted by Crippen LogP contribution is 2.46. The lowest BCUT2D eigenvalue weighted by atomic mass is 9.71. The van der Waals surface area contributed by atoms with E-state index >= 15 is 0 Å². The van der Waals surface area contributed by atoms with Crippen LogP contribution in [0.25, 0.3) is 0 Å². The van der Waals surface area contributed by atoms with E-state index in [2.05, 4.69) is 58.6 Å². The van der Waals surface area contributed by atoms with Gasteiger partial charge in [0.15, 0.2) is 5.78 Å². The molecule has 4 rings (SSSR count). The second-order valence-electron chi connectivity index (χ2n) is 11.1. The first-order chi connectivity index (χ1) is 16.2. The Hall–Kier alpha value is -2.60. The molecule has 2 N–H and O–H groups in total. The largest absolute Gasteiger partial charge is 0.357 e. The van der Waals surface area contributed by atoms with Crippen LogP contribution in [0.3, 0.4) is 0 Å². The fourth-order valence-corrected chi connectivity index (χ4v) is 5.70. The average Bonchev–Trinajstić information content (AvgIpc) is 2.91. The smallest absolute Gasteiger partial charge is 0.239 e. The first kappa shape index (κ1) is 24.5. The molecule has 0 saturated carbocycles. The lowest BCUT2D eigenvalue weighted by Crippen LogP contribution is -2.50. The number of Topliss-reactive ketones (excluding diaryl/α,β-unsaturated/α-hetero) is 1. The van der Waals surface area contributed by atoms with Crippen LogP contribution in [-0.2, 0) is 9.59 Å². The van der Waals surface area contributed by atoms with E-state index in [1.165, 1.54) is 0 Å². The zero-order valence-corrected chi connectivity index (χ0v) is 21.2. The number of ketones is 1. The number of amides is 1. The number of allylic oxidation sites excluding steroid dienone is 3. The van der Waals surface area contributed by atoms with Crippen molar-refractivity contribution in [1.29, 1.82) is 0 Å². The number of para-hydroxylation sites is 2. The number of fused-ring (bicyclic) bond motifs is 1. The number of hydrogen-bond acceptors (Lipinski definition) is 5. The molecule has 0 unspecified atom stereocenters. The van der Waals surface area contributed by atoms with Crippen molar-refractivity contribution < 1.29 is 9.59 Å². The number of nitrogens with one attached hydrogen (secondary N) is 2. The number of carbonyl (C=O) groups excluding carboxylic acids is 2. The predicted octanol–water partition coefficient (Wildman–Crippen LogP) is 4.35. The molecule has 3 aliphatic rings. The summed E-state index contributed by atoms with van der Waals surface area (Å²) in [6.07, 6.45) is 9.76. The fourth-order valence-electron chi connectivity index (χ4n) is 5.70. The first-order valence-corrected chi connectivity index (χ1v) is 12.7. The summed E-state index contributed by atoms with van der Waals surface area (Å²) in [4.78, 5) is 31.1. The van der Waals surface area contributed by atoms with Gasteiger partial charge in [0.1, 0.15) is 0 Å². The highest BCUT2D eigenvalue weighted by atomic mass is 16.2. The van der Waals surface area contributed by atoms with E-state index in [1.54, 1.807) is 0 Å². The zero-order valence-electron chi connectivity index (χ0n) is 21.2. The minimum Gasteiger partial charge on any atom is -0.357 e. The van der Waals surface area contributed by atoms with Gasteiger partial charge in [-0.1, -0.05) is 38.1 Å². The summed E-state index contributed by atoms with van der Waals surface area (Å²) in [5.74, 6) is 0.537. The molecular formula is C28H40N4O2. The number of carbonyl (C=O) groups is 2. The third kappa shape index (κ3) is 5.54. The molecule has 0 bridgehead atoms. The van der Waals surface area contributed by atoms with Gasteiger partial charge in [0, 0.05) is 24.2 Å². The predicted molar refractivity (Wildman–Crippen MR) is 139 cm³/mol. The molecule has 0 fully saturated rings. The van der Waals surface area contributed by atoms with E-state index in [9.17, 15) is 9.59 Å². The first-order valence-electron chi connectivity index (χ1n) is 12.7. The van der Waals surface area contributed by atoms with Crippen molar-refractivity contribution in [3.05, 3.63) is 47.7 Å². The van der Waals surface area contributed by atoms with Crippen LogP contribution in [0, 0.1) is 11.3 Å². The highest BCUT2D eigenvalue weighted by Gasteiger charge is 2.43. The maximum absolute atomic E-state index is 13.7. The molecule has 1 heterocycles. The molecule has 2 aliphatic carbocycles. The second kappa shape index (κ2) is 10.3. The molecule has 1 aromatic carbocycles. The van der Waals surface area contributed by atoms with Gasteiger partial charge in [0.05, 0.1) is 24.0 Å². The van der Waals surface area contributed by atoms with Crippen molar-refractivity contribution in [2.24, 2.45) is 11.3 Å². The van der Waals surface area contributed by atoms with Gasteiger partial charge in [-0.2, -0.15) is 0 Å². The second-order valence-corrected chi connectivity index (χ2v) is 11.1. The number of rotatable bonds is 7. The van der Waals surface area contributed by atoms with Crippen LogP contribution in [-0.4, -0.2) is 56.4 Å². The highest BCUT2D eigenvalue weighted by molar-refractivity contribution is 6.01. The van der Waals surface area contributed by atoms with Crippen LogP contribution < -0.4 is 15.5 Å². The van der Waals surface area contributed by atoms with Gasteiger partial charge >= 0.3 is 0 Å². The molecule has 0 spiro atoms. The molecule has 2 atom stereocenters. The SMILES string of the molecule is CN(C)CCCNC(=O)CN1c2ccccc2NC2=C(C(=O)CC(C)(C)C2)[C@@H]1[C@@H]1CC=CCC1. The lowest BCUT2D eigenvalue weighted by molar-refractivity contribution is -0.121. The molecule has 0 aromatic heterocycles. The maximum atomic E-state index is 13.7. The van der Waals surface area contributed by atoms with Crippen molar-refractivity contribution in [1.82, 2.24) is 10.2 Å². The van der Waals surface area contributed by atoms with Gasteiger partial charge in [-0.05, 0) is 76.2 Å². The summed E-state index contributed by atoms with van der Waals surface area (Å²) in [6.45, 7) is 6.19. The molecular weight excluding hydrogens is 424 g/mol. The monoisotopic (exact) mass is 464 g/mol. The van der Waals surface area contributed by atoms with Gasteiger partial charge in [-0.15, -0.1) is 0 Å². The summed E-state index contributed by atoms with van der Waals surface area (Å²) >= 11 is 0. The van der Waals surface area contributed by atoms with Gasteiger partial charge in [-0.25, -0.2) is 0 Å². The number of anilines is 2. The molecule has 1 amide bonds. The normalized spacial score (nSPS) is 23.8. The summed E-state index contributed by atoms with van der Waals surface area (Å²) in [7, 11) is 4.08. The average molecular weight is 465 g/mol. The Labute approximate surface area is 204 Å². The van der Waals surface area contributed by atoms with E-state index < -0.39 is 0 Å². The van der Waals surface area contributed by atoms with Crippen LogP contribution in [0.15, 0.2) is 47.7 Å². The van der Waals surface area contributed by atoms with Crippen LogP contribution in [0.4, 0.5) is 11.4 Å². The van der Waals surface area contributed by atoms with Crippen molar-refractivity contribution in [2.75, 3.05) is 43.9 Å². The molecule has 1 aromatic rings. The molecule has 34 heavy (non-hydrogen) atoms. The Morgan fingerprint density at radius 3 is 2.74 bits per heavy atom. The topological polar surface area (TPSA) is 64.7 Å². The standard InChI is InChI=1S/C28H40N4O2/c1-28(2)17-22-26(24(33)18-28)27(20-11-6-5-7-12-20)32(23-14-9-8-13-21(23)30-22)19-25(34)29-15-10-16-31(3)4/h5-6,8-9,13-14,20,27,30H,7,10-12,15-19H2,1-4H3,(H,29,34)/t20-,27+/m1/s1. The third-order valence-electron chi connectivity index (χ3n) is 7.22. The van der Waals surface area contributed by atoms with Gasteiger partial charge < -0.3 is 20.4 Å². The van der Waals surface area contributed by atoms with Crippen LogP contribution in [0.1, 0.15) is 52.4 Å². The number of nitrogens with zero attached hydrogens (tertiary/aromatic N) is 2. The quantitative estimate of drug-likeness (QED) is 0.464. The van der Waals surface area contributed by atoms with Gasteiger partial charge in [0.2, 0.25) is 5.91 Å². The van der Waals surface area contributed by atoms with E-state index in [4.69, 9.17) is 0 Å². The Kier molecular flexibility index (Phi) is 7.46. The Morgan fingerprint density at radius 1 is 1.21 bits per heavy atom. The fraction of sp³-hybridized carbons (Fsp3) is 0.571. The summed E-state index contributed by atoms with van der Waals surface area (Å²) < 4.78 is 0.